The molecule has 0 bridgehead atoms. The highest BCUT2D eigenvalue weighted by Crippen LogP contribution is 2.27. The summed E-state index contributed by atoms with van der Waals surface area (Å²) >= 11 is 0. The number of anilines is 2. The summed E-state index contributed by atoms with van der Waals surface area (Å²) in [5, 5.41) is 24.2. The third-order valence-electron chi connectivity index (χ3n) is 2.33. The number of aromatic nitrogens is 1. The number of pyridine rings is 1. The van der Waals surface area contributed by atoms with Gasteiger partial charge < -0.3 is 5.32 Å². The predicted molar refractivity (Wildman–Crippen MR) is 67.3 cm³/mol. The Morgan fingerprint density at radius 3 is 2.58 bits per heavy atom. The van der Waals surface area contributed by atoms with Gasteiger partial charge in [0.25, 0.3) is 5.69 Å². The second-order valence-electron chi connectivity index (χ2n) is 3.58. The van der Waals surface area contributed by atoms with Gasteiger partial charge in [-0.2, -0.15) is 0 Å². The molecule has 2 aromatic rings. The summed E-state index contributed by atoms with van der Waals surface area (Å²) in [6, 6.07) is 7.14. The number of hydrogen-bond donors (Lipinski definition) is 1. The van der Waals surface area contributed by atoms with Crippen LogP contribution in [-0.4, -0.2) is 14.8 Å². The van der Waals surface area contributed by atoms with Crippen LogP contribution in [0, 0.1) is 20.2 Å². The second-order valence-corrected chi connectivity index (χ2v) is 3.58. The lowest BCUT2D eigenvalue weighted by molar-refractivity contribution is -0.384. The van der Waals surface area contributed by atoms with Gasteiger partial charge in [0.15, 0.2) is 0 Å². The molecule has 1 aromatic carbocycles. The van der Waals surface area contributed by atoms with E-state index < -0.39 is 9.85 Å². The molecule has 2 rings (SSSR count). The van der Waals surface area contributed by atoms with E-state index in [0.717, 1.165) is 6.20 Å². The van der Waals surface area contributed by atoms with Crippen molar-refractivity contribution in [3.63, 3.8) is 0 Å². The first-order chi connectivity index (χ1) is 9.08. The summed E-state index contributed by atoms with van der Waals surface area (Å²) < 4.78 is 0. The van der Waals surface area contributed by atoms with E-state index in [2.05, 4.69) is 10.3 Å². The zero-order valence-corrected chi connectivity index (χ0v) is 9.52. The van der Waals surface area contributed by atoms with Gasteiger partial charge >= 0.3 is 5.69 Å². The van der Waals surface area contributed by atoms with Crippen LogP contribution in [0.3, 0.4) is 0 Å². The summed E-state index contributed by atoms with van der Waals surface area (Å²) in [5.74, 6) is 0. The van der Waals surface area contributed by atoms with Gasteiger partial charge in [-0.05, 0) is 12.1 Å². The third-order valence-corrected chi connectivity index (χ3v) is 2.33. The monoisotopic (exact) mass is 260 g/mol. The molecule has 0 aliphatic heterocycles. The van der Waals surface area contributed by atoms with Crippen molar-refractivity contribution in [3.05, 3.63) is 63.0 Å². The summed E-state index contributed by atoms with van der Waals surface area (Å²) in [7, 11) is 0. The van der Waals surface area contributed by atoms with Crippen LogP contribution in [0.15, 0.2) is 42.7 Å². The fourth-order valence-corrected chi connectivity index (χ4v) is 1.49. The van der Waals surface area contributed by atoms with Gasteiger partial charge in [0.1, 0.15) is 11.9 Å². The molecule has 0 saturated heterocycles. The van der Waals surface area contributed by atoms with Gasteiger partial charge in [0, 0.05) is 24.0 Å². The van der Waals surface area contributed by atoms with E-state index in [9.17, 15) is 20.2 Å². The number of nitro groups is 2. The number of nitrogens with zero attached hydrogens (tertiary/aromatic N) is 3. The molecule has 0 spiro atoms. The molecule has 0 radical (unpaired) electrons. The molecule has 0 fully saturated rings. The average Bonchev–Trinajstić information content (AvgIpc) is 2.39. The number of rotatable bonds is 4. The molecule has 0 aliphatic rings. The molecule has 8 heteroatoms. The van der Waals surface area contributed by atoms with Crippen molar-refractivity contribution in [1.29, 1.82) is 0 Å². The number of benzene rings is 1. The molecule has 19 heavy (non-hydrogen) atoms. The van der Waals surface area contributed by atoms with Crippen molar-refractivity contribution in [3.8, 4) is 0 Å². The maximum absolute atomic E-state index is 10.8. The zero-order chi connectivity index (χ0) is 13.8. The van der Waals surface area contributed by atoms with Crippen LogP contribution < -0.4 is 5.32 Å². The number of non-ortho nitro benzene ring substituents is 1. The van der Waals surface area contributed by atoms with E-state index in [1.165, 1.54) is 30.5 Å². The Hall–Kier alpha value is -3.03. The van der Waals surface area contributed by atoms with Crippen molar-refractivity contribution < 1.29 is 9.85 Å². The van der Waals surface area contributed by atoms with Crippen LogP contribution in [0.1, 0.15) is 0 Å². The lowest BCUT2D eigenvalue weighted by Gasteiger charge is -2.06. The Balaban J connectivity index is 2.34. The molecule has 1 N–H and O–H groups in total. The normalized spacial score (nSPS) is 9.89. The highest BCUT2D eigenvalue weighted by atomic mass is 16.6. The van der Waals surface area contributed by atoms with E-state index in [1.807, 2.05) is 0 Å². The van der Waals surface area contributed by atoms with Crippen LogP contribution in [0.25, 0.3) is 0 Å². The first-order valence-corrected chi connectivity index (χ1v) is 5.18. The van der Waals surface area contributed by atoms with Gasteiger partial charge in [0.05, 0.1) is 9.85 Å². The maximum atomic E-state index is 10.8. The molecule has 8 nitrogen and oxygen atoms in total. The first-order valence-electron chi connectivity index (χ1n) is 5.18. The first kappa shape index (κ1) is 12.4. The molecule has 0 amide bonds. The van der Waals surface area contributed by atoms with Crippen LogP contribution in [-0.2, 0) is 0 Å². The molecular formula is C11H8N4O4. The number of nitrogens with one attached hydrogen (secondary N) is 1. The fourth-order valence-electron chi connectivity index (χ4n) is 1.49. The highest BCUT2D eigenvalue weighted by molar-refractivity contribution is 5.69. The minimum Gasteiger partial charge on any atom is -0.350 e. The fraction of sp³-hybridized carbons (Fsp3) is 0. The van der Waals surface area contributed by atoms with E-state index in [-0.39, 0.29) is 17.1 Å². The van der Waals surface area contributed by atoms with Crippen molar-refractivity contribution in [2.45, 2.75) is 0 Å². The Morgan fingerprint density at radius 1 is 1.11 bits per heavy atom. The largest absolute Gasteiger partial charge is 0.350 e. The topological polar surface area (TPSA) is 111 Å². The van der Waals surface area contributed by atoms with Crippen molar-refractivity contribution >= 4 is 22.7 Å². The quantitative estimate of drug-likeness (QED) is 0.668. The van der Waals surface area contributed by atoms with Crippen LogP contribution in [0.5, 0.6) is 0 Å². The molecule has 0 aliphatic carbocycles. The van der Waals surface area contributed by atoms with E-state index in [4.69, 9.17) is 0 Å². The minimum atomic E-state index is -0.577. The lowest BCUT2D eigenvalue weighted by Crippen LogP contribution is -1.98. The number of nitro benzene ring substituents is 1. The van der Waals surface area contributed by atoms with Gasteiger partial charge in [-0.25, -0.2) is 0 Å². The van der Waals surface area contributed by atoms with Crippen LogP contribution in [0.2, 0.25) is 0 Å². The average molecular weight is 260 g/mol. The molecule has 96 valence electrons. The standard InChI is InChI=1S/C11H8N4O4/c16-14(17)9-3-1-2-8(6-9)13-10-4-5-12-7-11(10)15(18)19/h1-7H,(H,12,13). The van der Waals surface area contributed by atoms with Gasteiger partial charge in [0.2, 0.25) is 0 Å². The lowest BCUT2D eigenvalue weighted by atomic mass is 10.2. The summed E-state index contributed by atoms with van der Waals surface area (Å²) in [6.07, 6.45) is 2.51. The van der Waals surface area contributed by atoms with E-state index in [0.29, 0.717) is 5.69 Å². The predicted octanol–water partition coefficient (Wildman–Crippen LogP) is 2.64. The smallest absolute Gasteiger partial charge is 0.310 e. The molecule has 1 heterocycles. The van der Waals surface area contributed by atoms with Crippen molar-refractivity contribution in [2.75, 3.05) is 5.32 Å². The zero-order valence-electron chi connectivity index (χ0n) is 9.52. The SMILES string of the molecule is O=[N+]([O-])c1cccc(Nc2ccncc2[N+](=O)[O-])c1. The van der Waals surface area contributed by atoms with Gasteiger partial charge in [-0.15, -0.1) is 0 Å². The van der Waals surface area contributed by atoms with Crippen LogP contribution in [0.4, 0.5) is 22.7 Å². The Labute approximate surface area is 107 Å². The molecule has 0 saturated carbocycles. The molecular weight excluding hydrogens is 252 g/mol. The third kappa shape index (κ3) is 2.80. The summed E-state index contributed by atoms with van der Waals surface area (Å²) in [5.41, 5.74) is 0.319. The van der Waals surface area contributed by atoms with E-state index in [1.54, 1.807) is 6.07 Å². The summed E-state index contributed by atoms with van der Waals surface area (Å²) in [6.45, 7) is 0. The maximum Gasteiger partial charge on any atom is 0.310 e. The molecule has 1 aromatic heterocycles. The van der Waals surface area contributed by atoms with Crippen LogP contribution >= 0.6 is 0 Å². The van der Waals surface area contributed by atoms with E-state index >= 15 is 0 Å². The summed E-state index contributed by atoms with van der Waals surface area (Å²) in [4.78, 5) is 24.0. The Kier molecular flexibility index (Phi) is 3.33. The van der Waals surface area contributed by atoms with Crippen molar-refractivity contribution in [2.24, 2.45) is 0 Å². The number of hydrogen-bond acceptors (Lipinski definition) is 6. The van der Waals surface area contributed by atoms with Gasteiger partial charge in [-0.3, -0.25) is 25.2 Å². The Bertz CT molecular complexity index is 644. The van der Waals surface area contributed by atoms with Gasteiger partial charge in [-0.1, -0.05) is 6.07 Å². The Morgan fingerprint density at radius 2 is 1.89 bits per heavy atom. The molecule has 0 atom stereocenters. The second kappa shape index (κ2) is 5.08. The highest BCUT2D eigenvalue weighted by Gasteiger charge is 2.14. The van der Waals surface area contributed by atoms with Crippen molar-refractivity contribution in [1.82, 2.24) is 4.98 Å². The molecule has 0 unspecified atom stereocenters. The minimum absolute atomic E-state index is 0.0956.